The third-order valence-corrected chi connectivity index (χ3v) is 7.93. The number of methoxy groups -OCH3 is 1. The summed E-state index contributed by atoms with van der Waals surface area (Å²) < 4.78 is 16.4. The van der Waals surface area contributed by atoms with Gasteiger partial charge >= 0.3 is 0 Å². The smallest absolute Gasteiger partial charge is 0.276 e. The minimum Gasteiger partial charge on any atom is -0.496 e. The third-order valence-electron chi connectivity index (χ3n) is 6.27. The van der Waals surface area contributed by atoms with Gasteiger partial charge in [0.2, 0.25) is 0 Å². The summed E-state index contributed by atoms with van der Waals surface area (Å²) in [6.07, 6.45) is -1.16. The number of alkyl halides is 3. The summed E-state index contributed by atoms with van der Waals surface area (Å²) in [5.74, 6) is 0.728. The van der Waals surface area contributed by atoms with Gasteiger partial charge in [0.25, 0.3) is 9.70 Å². The first-order valence-electron chi connectivity index (χ1n) is 11.9. The Kier molecular flexibility index (Phi) is 9.87. The van der Waals surface area contributed by atoms with Crippen molar-refractivity contribution in [3.8, 4) is 5.75 Å². The molecule has 0 aliphatic carbocycles. The summed E-state index contributed by atoms with van der Waals surface area (Å²) in [7, 11) is 1.66. The molecule has 202 valence electrons. The minimum absolute atomic E-state index is 0.0145. The lowest BCUT2D eigenvalue weighted by Crippen LogP contribution is -2.38. The molecule has 1 fully saturated rings. The molecule has 1 saturated heterocycles. The lowest BCUT2D eigenvalue weighted by molar-refractivity contribution is -0.268. The van der Waals surface area contributed by atoms with Gasteiger partial charge in [-0.05, 0) is 35.4 Å². The van der Waals surface area contributed by atoms with Gasteiger partial charge in [0.05, 0.1) is 25.9 Å². The van der Waals surface area contributed by atoms with Gasteiger partial charge in [-0.1, -0.05) is 90.3 Å². The molecule has 4 atom stereocenters. The number of halogens is 3. The number of anilines is 1. The second kappa shape index (κ2) is 12.9. The Hall–Kier alpha value is -1.97. The fraction of sp³-hybridized carbons (Fsp3) is 0.321. The van der Waals surface area contributed by atoms with E-state index in [4.69, 9.17) is 49.0 Å². The number of amides is 1. The second-order valence-electron chi connectivity index (χ2n) is 8.86. The topological polar surface area (TPSA) is 77.0 Å². The van der Waals surface area contributed by atoms with Crippen molar-refractivity contribution in [2.45, 2.75) is 40.7 Å². The van der Waals surface area contributed by atoms with Crippen molar-refractivity contribution in [3.63, 3.8) is 0 Å². The Balaban J connectivity index is 1.60. The molecule has 1 heterocycles. The molecular weight excluding hydrogens is 569 g/mol. The molecule has 0 unspecified atom stereocenters. The Morgan fingerprint density at radius 2 is 1.76 bits per heavy atom. The van der Waals surface area contributed by atoms with Crippen molar-refractivity contribution in [3.05, 3.63) is 89.5 Å². The first kappa shape index (κ1) is 29.0. The summed E-state index contributed by atoms with van der Waals surface area (Å²) in [6.45, 7) is 2.07. The lowest BCUT2D eigenvalue weighted by atomic mass is 9.91. The van der Waals surface area contributed by atoms with Crippen LogP contribution in [-0.4, -0.2) is 33.8 Å². The predicted octanol–water partition coefficient (Wildman–Crippen LogP) is 7.08. The number of thioether (sulfide) groups is 1. The number of carbonyl (C=O) groups is 1. The predicted molar refractivity (Wildman–Crippen MR) is 152 cm³/mol. The average molecular weight is 597 g/mol. The summed E-state index contributed by atoms with van der Waals surface area (Å²) in [6, 6.07) is 22.7. The summed E-state index contributed by atoms with van der Waals surface area (Å²) in [4.78, 5) is 13.2. The maximum Gasteiger partial charge on any atom is 0.276 e. The molecule has 3 aromatic carbocycles. The minimum atomic E-state index is -2.09. The SMILES string of the molecule is COc1ccccc1SC[C@H]1O[C@@H](c2cccc(NC(=O)C(Cl)(Cl)Cl)c2)O[C@@H](c2ccc(CO)cc2)[C@H]1C. The van der Waals surface area contributed by atoms with Crippen LogP contribution in [0.4, 0.5) is 5.69 Å². The Morgan fingerprint density at radius 1 is 1.03 bits per heavy atom. The number of aliphatic hydroxyl groups is 1. The molecule has 1 aliphatic heterocycles. The molecular formula is C28H28Cl3NO5S. The summed E-state index contributed by atoms with van der Waals surface area (Å²) in [5, 5.41) is 12.1. The van der Waals surface area contributed by atoms with E-state index in [1.807, 2.05) is 54.6 Å². The number of benzene rings is 3. The zero-order chi connectivity index (χ0) is 27.3. The number of ether oxygens (including phenoxy) is 3. The summed E-state index contributed by atoms with van der Waals surface area (Å²) >= 11 is 18.8. The van der Waals surface area contributed by atoms with E-state index in [9.17, 15) is 9.90 Å². The van der Waals surface area contributed by atoms with Crippen molar-refractivity contribution in [2.75, 3.05) is 18.2 Å². The Morgan fingerprint density at radius 3 is 2.45 bits per heavy atom. The van der Waals surface area contributed by atoms with Crippen LogP contribution in [0.15, 0.2) is 77.7 Å². The Labute approximate surface area is 241 Å². The first-order chi connectivity index (χ1) is 18.2. The van der Waals surface area contributed by atoms with Crippen LogP contribution < -0.4 is 10.1 Å². The maximum absolute atomic E-state index is 12.2. The highest BCUT2D eigenvalue weighted by atomic mass is 35.6. The van der Waals surface area contributed by atoms with E-state index in [1.165, 1.54) is 0 Å². The van der Waals surface area contributed by atoms with Crippen LogP contribution in [0.1, 0.15) is 36.0 Å². The number of carbonyl (C=O) groups excluding carboxylic acids is 1. The number of aliphatic hydroxyl groups excluding tert-OH is 1. The maximum atomic E-state index is 12.2. The van der Waals surface area contributed by atoms with Gasteiger partial charge in [-0.2, -0.15) is 0 Å². The largest absolute Gasteiger partial charge is 0.496 e. The molecule has 0 bridgehead atoms. The van der Waals surface area contributed by atoms with Crippen molar-refractivity contribution >= 4 is 58.2 Å². The second-order valence-corrected chi connectivity index (χ2v) is 12.2. The summed E-state index contributed by atoms with van der Waals surface area (Å²) in [5.41, 5.74) is 2.97. The average Bonchev–Trinajstić information content (AvgIpc) is 2.92. The van der Waals surface area contributed by atoms with Crippen molar-refractivity contribution in [1.82, 2.24) is 0 Å². The van der Waals surface area contributed by atoms with Gasteiger partial charge in [-0.15, -0.1) is 11.8 Å². The monoisotopic (exact) mass is 595 g/mol. The van der Waals surface area contributed by atoms with Crippen LogP contribution in [0, 0.1) is 5.92 Å². The molecule has 4 rings (SSSR count). The molecule has 0 saturated carbocycles. The molecule has 2 N–H and O–H groups in total. The fourth-order valence-corrected chi connectivity index (χ4v) is 5.52. The van der Waals surface area contributed by atoms with E-state index in [0.717, 1.165) is 21.8 Å². The van der Waals surface area contributed by atoms with Crippen LogP contribution in [0.3, 0.4) is 0 Å². The third kappa shape index (κ3) is 7.16. The van der Waals surface area contributed by atoms with Crippen LogP contribution in [0.2, 0.25) is 0 Å². The van der Waals surface area contributed by atoms with Crippen LogP contribution in [-0.2, 0) is 20.9 Å². The first-order valence-corrected chi connectivity index (χ1v) is 14.1. The van der Waals surface area contributed by atoms with Gasteiger partial charge in [-0.3, -0.25) is 4.79 Å². The van der Waals surface area contributed by atoms with Gasteiger partial charge in [0, 0.05) is 27.8 Å². The van der Waals surface area contributed by atoms with Gasteiger partial charge < -0.3 is 24.6 Å². The normalized spacial score (nSPS) is 21.6. The van der Waals surface area contributed by atoms with E-state index in [-0.39, 0.29) is 24.7 Å². The number of para-hydroxylation sites is 1. The molecule has 0 radical (unpaired) electrons. The van der Waals surface area contributed by atoms with Crippen molar-refractivity contribution < 1.29 is 24.1 Å². The molecule has 0 spiro atoms. The number of nitrogens with one attached hydrogen (secondary N) is 1. The van der Waals surface area contributed by atoms with Crippen molar-refractivity contribution in [1.29, 1.82) is 0 Å². The zero-order valence-electron chi connectivity index (χ0n) is 20.8. The van der Waals surface area contributed by atoms with Gasteiger partial charge in [0.1, 0.15) is 5.75 Å². The Bertz CT molecular complexity index is 1240. The molecule has 10 heteroatoms. The standard InChI is InChI=1S/C28H28Cl3NO5S/c1-17-23(16-38-24-9-4-3-8-22(24)35-2)36-26(37-25(17)19-12-10-18(15-33)11-13-19)20-6-5-7-21(14-20)32-27(34)28(29,30)31/h3-14,17,23,25-26,33H,15-16H2,1-2H3,(H,32,34)/t17-,23+,25+,26+/m0/s1. The lowest BCUT2D eigenvalue weighted by Gasteiger charge is -2.41. The molecule has 3 aromatic rings. The fourth-order valence-electron chi connectivity index (χ4n) is 4.18. The molecule has 0 aromatic heterocycles. The van der Waals surface area contributed by atoms with E-state index in [0.29, 0.717) is 17.0 Å². The van der Waals surface area contributed by atoms with E-state index in [2.05, 4.69) is 12.2 Å². The van der Waals surface area contributed by atoms with Crippen molar-refractivity contribution in [2.24, 2.45) is 5.92 Å². The number of hydrogen-bond acceptors (Lipinski definition) is 6. The highest BCUT2D eigenvalue weighted by Crippen LogP contribution is 2.44. The molecule has 38 heavy (non-hydrogen) atoms. The van der Waals surface area contributed by atoms with E-state index in [1.54, 1.807) is 37.1 Å². The molecule has 1 amide bonds. The highest BCUT2D eigenvalue weighted by molar-refractivity contribution is 7.99. The zero-order valence-corrected chi connectivity index (χ0v) is 23.9. The number of hydrogen-bond donors (Lipinski definition) is 2. The molecule has 1 aliphatic rings. The molecule has 6 nitrogen and oxygen atoms in total. The van der Waals surface area contributed by atoms with Gasteiger partial charge in [0.15, 0.2) is 6.29 Å². The number of rotatable bonds is 8. The van der Waals surface area contributed by atoms with E-state index >= 15 is 0 Å². The highest BCUT2D eigenvalue weighted by Gasteiger charge is 2.38. The van der Waals surface area contributed by atoms with Gasteiger partial charge in [-0.25, -0.2) is 0 Å². The van der Waals surface area contributed by atoms with E-state index < -0.39 is 16.0 Å². The van der Waals surface area contributed by atoms with Crippen LogP contribution in [0.5, 0.6) is 5.75 Å². The van der Waals surface area contributed by atoms with Crippen LogP contribution >= 0.6 is 46.6 Å². The van der Waals surface area contributed by atoms with Crippen LogP contribution in [0.25, 0.3) is 0 Å². The quantitative estimate of drug-likeness (QED) is 0.214.